The lowest BCUT2D eigenvalue weighted by atomic mass is 10.1. The van der Waals surface area contributed by atoms with Gasteiger partial charge in [-0.25, -0.2) is 8.78 Å². The molecular formula is C14H11ClF2N2O. The molecule has 6 heteroatoms. The first-order valence-electron chi connectivity index (χ1n) is 5.71. The van der Waals surface area contributed by atoms with E-state index in [0.717, 1.165) is 12.1 Å². The van der Waals surface area contributed by atoms with E-state index in [1.54, 1.807) is 25.1 Å². The van der Waals surface area contributed by atoms with Crippen LogP contribution in [0.2, 0.25) is 5.02 Å². The van der Waals surface area contributed by atoms with Gasteiger partial charge in [0, 0.05) is 16.3 Å². The normalized spacial score (nSPS) is 10.4. The molecule has 0 aliphatic heterocycles. The van der Waals surface area contributed by atoms with Crippen LogP contribution in [0.3, 0.4) is 0 Å². The van der Waals surface area contributed by atoms with Gasteiger partial charge >= 0.3 is 0 Å². The van der Waals surface area contributed by atoms with Crippen molar-refractivity contribution in [3.8, 4) is 0 Å². The zero-order valence-corrected chi connectivity index (χ0v) is 11.3. The number of nitrogens with one attached hydrogen (secondary N) is 1. The van der Waals surface area contributed by atoms with Crippen molar-refractivity contribution in [2.45, 2.75) is 6.92 Å². The number of amides is 1. The summed E-state index contributed by atoms with van der Waals surface area (Å²) in [4.78, 5) is 12.0. The molecule has 0 saturated heterocycles. The van der Waals surface area contributed by atoms with E-state index in [1.165, 1.54) is 0 Å². The molecular weight excluding hydrogens is 286 g/mol. The first kappa shape index (κ1) is 14.3. The highest BCUT2D eigenvalue weighted by atomic mass is 35.5. The number of hydrogen-bond acceptors (Lipinski definition) is 2. The molecule has 0 aromatic heterocycles. The van der Waals surface area contributed by atoms with Gasteiger partial charge < -0.3 is 11.1 Å². The first-order valence-corrected chi connectivity index (χ1v) is 6.09. The molecule has 0 unspecified atom stereocenters. The highest BCUT2D eigenvalue weighted by Gasteiger charge is 2.14. The zero-order chi connectivity index (χ0) is 14.9. The molecule has 104 valence electrons. The first-order chi connectivity index (χ1) is 9.40. The molecule has 0 radical (unpaired) electrons. The fraction of sp³-hybridized carbons (Fsp3) is 0.0714. The average Bonchev–Trinajstić information content (AvgIpc) is 2.40. The molecule has 0 spiro atoms. The minimum Gasteiger partial charge on any atom is -0.394 e. The summed E-state index contributed by atoms with van der Waals surface area (Å²) in [5, 5.41) is 3.03. The van der Waals surface area contributed by atoms with Gasteiger partial charge in [-0.2, -0.15) is 0 Å². The Morgan fingerprint density at radius 3 is 2.45 bits per heavy atom. The average molecular weight is 297 g/mol. The Labute approximate surface area is 119 Å². The summed E-state index contributed by atoms with van der Waals surface area (Å²) in [7, 11) is 0. The third kappa shape index (κ3) is 2.72. The van der Waals surface area contributed by atoms with Gasteiger partial charge in [0.1, 0.15) is 17.3 Å². The summed E-state index contributed by atoms with van der Waals surface area (Å²) in [6.07, 6.45) is 0. The quantitative estimate of drug-likeness (QED) is 0.829. The maximum absolute atomic E-state index is 13.3. The van der Waals surface area contributed by atoms with Gasteiger partial charge in [0.2, 0.25) is 0 Å². The minimum absolute atomic E-state index is 0.159. The Balaban J connectivity index is 2.31. The molecule has 3 N–H and O–H groups in total. The molecule has 2 aromatic carbocycles. The Morgan fingerprint density at radius 1 is 1.25 bits per heavy atom. The number of hydrogen-bond donors (Lipinski definition) is 2. The van der Waals surface area contributed by atoms with E-state index >= 15 is 0 Å². The van der Waals surface area contributed by atoms with E-state index in [0.29, 0.717) is 16.3 Å². The molecule has 1 amide bonds. The summed E-state index contributed by atoms with van der Waals surface area (Å²) in [5.41, 5.74) is 5.52. The van der Waals surface area contributed by atoms with Gasteiger partial charge in [-0.1, -0.05) is 17.7 Å². The Hall–Kier alpha value is -2.14. The Kier molecular flexibility index (Phi) is 3.90. The van der Waals surface area contributed by atoms with Crippen LogP contribution >= 0.6 is 11.6 Å². The second kappa shape index (κ2) is 5.46. The highest BCUT2D eigenvalue weighted by molar-refractivity contribution is 6.31. The van der Waals surface area contributed by atoms with E-state index in [1.807, 2.05) is 0 Å². The molecule has 0 fully saturated rings. The molecule has 0 heterocycles. The van der Waals surface area contributed by atoms with E-state index in [-0.39, 0.29) is 5.56 Å². The third-order valence-electron chi connectivity index (χ3n) is 2.86. The van der Waals surface area contributed by atoms with Crippen LogP contribution in [0.25, 0.3) is 0 Å². The van der Waals surface area contributed by atoms with Crippen molar-refractivity contribution in [2.24, 2.45) is 0 Å². The number of rotatable bonds is 2. The van der Waals surface area contributed by atoms with Crippen molar-refractivity contribution >= 4 is 28.9 Å². The standard InChI is InChI=1S/C14H11ClF2N2O/c1-7-9(15)3-2-4-12(7)19-14(20)8-5-10(16)13(18)11(17)6-8/h2-6H,18H2,1H3,(H,19,20). The topological polar surface area (TPSA) is 55.1 Å². The van der Waals surface area contributed by atoms with Gasteiger partial charge in [-0.05, 0) is 36.8 Å². The smallest absolute Gasteiger partial charge is 0.255 e. The summed E-state index contributed by atoms with van der Waals surface area (Å²) in [6.45, 7) is 1.72. The number of carbonyl (C=O) groups is 1. The SMILES string of the molecule is Cc1c(Cl)cccc1NC(=O)c1cc(F)c(N)c(F)c1. The fourth-order valence-corrected chi connectivity index (χ4v) is 1.83. The van der Waals surface area contributed by atoms with E-state index in [9.17, 15) is 13.6 Å². The van der Waals surface area contributed by atoms with Crippen LogP contribution in [0.4, 0.5) is 20.2 Å². The Bertz CT molecular complexity index is 666. The van der Waals surface area contributed by atoms with Crippen LogP contribution in [-0.4, -0.2) is 5.91 Å². The van der Waals surface area contributed by atoms with Crippen LogP contribution in [-0.2, 0) is 0 Å². The zero-order valence-electron chi connectivity index (χ0n) is 10.5. The van der Waals surface area contributed by atoms with Crippen molar-refractivity contribution in [1.82, 2.24) is 0 Å². The predicted molar refractivity (Wildman–Crippen MR) is 74.9 cm³/mol. The number of nitrogen functional groups attached to an aromatic ring is 1. The summed E-state index contributed by atoms with van der Waals surface area (Å²) >= 11 is 5.93. The van der Waals surface area contributed by atoms with E-state index in [4.69, 9.17) is 17.3 Å². The second-order valence-corrected chi connectivity index (χ2v) is 4.63. The van der Waals surface area contributed by atoms with Crippen molar-refractivity contribution in [3.63, 3.8) is 0 Å². The monoisotopic (exact) mass is 296 g/mol. The van der Waals surface area contributed by atoms with Crippen LogP contribution in [0, 0.1) is 18.6 Å². The lowest BCUT2D eigenvalue weighted by Gasteiger charge is -2.10. The van der Waals surface area contributed by atoms with Crippen LogP contribution in [0.1, 0.15) is 15.9 Å². The molecule has 0 bridgehead atoms. The van der Waals surface area contributed by atoms with Crippen molar-refractivity contribution in [2.75, 3.05) is 11.1 Å². The van der Waals surface area contributed by atoms with Gasteiger partial charge in [0.05, 0.1) is 0 Å². The Morgan fingerprint density at radius 2 is 1.85 bits per heavy atom. The number of nitrogens with two attached hydrogens (primary N) is 1. The minimum atomic E-state index is -0.974. The summed E-state index contributed by atoms with van der Waals surface area (Å²) in [6, 6.07) is 6.74. The molecule has 0 aliphatic carbocycles. The fourth-order valence-electron chi connectivity index (χ4n) is 1.65. The number of carbonyl (C=O) groups excluding carboxylic acids is 1. The van der Waals surface area contributed by atoms with Crippen LogP contribution in [0.15, 0.2) is 30.3 Å². The maximum atomic E-state index is 13.3. The second-order valence-electron chi connectivity index (χ2n) is 4.22. The van der Waals surface area contributed by atoms with Gasteiger partial charge in [-0.15, -0.1) is 0 Å². The van der Waals surface area contributed by atoms with Gasteiger partial charge in [0.15, 0.2) is 0 Å². The summed E-state index contributed by atoms with van der Waals surface area (Å²) in [5.74, 6) is -2.59. The predicted octanol–water partition coefficient (Wildman–Crippen LogP) is 3.76. The lowest BCUT2D eigenvalue weighted by Crippen LogP contribution is -2.14. The number of anilines is 2. The number of halogens is 3. The highest BCUT2D eigenvalue weighted by Crippen LogP contribution is 2.24. The molecule has 2 aromatic rings. The lowest BCUT2D eigenvalue weighted by molar-refractivity contribution is 0.102. The van der Waals surface area contributed by atoms with Crippen molar-refractivity contribution in [1.29, 1.82) is 0 Å². The molecule has 2 rings (SSSR count). The molecule has 0 saturated carbocycles. The largest absolute Gasteiger partial charge is 0.394 e. The van der Waals surface area contributed by atoms with Gasteiger partial charge in [0.25, 0.3) is 5.91 Å². The van der Waals surface area contributed by atoms with Crippen molar-refractivity contribution in [3.05, 3.63) is 58.1 Å². The van der Waals surface area contributed by atoms with Crippen LogP contribution in [0.5, 0.6) is 0 Å². The summed E-state index contributed by atoms with van der Waals surface area (Å²) < 4.78 is 26.6. The van der Waals surface area contributed by atoms with Crippen LogP contribution < -0.4 is 11.1 Å². The molecule has 20 heavy (non-hydrogen) atoms. The number of benzene rings is 2. The molecule has 0 aliphatic rings. The van der Waals surface area contributed by atoms with Crippen molar-refractivity contribution < 1.29 is 13.6 Å². The van der Waals surface area contributed by atoms with Gasteiger partial charge in [-0.3, -0.25) is 4.79 Å². The molecule has 3 nitrogen and oxygen atoms in total. The van der Waals surface area contributed by atoms with E-state index in [2.05, 4.69) is 5.32 Å². The molecule has 0 atom stereocenters. The van der Waals surface area contributed by atoms with E-state index < -0.39 is 23.2 Å². The third-order valence-corrected chi connectivity index (χ3v) is 3.27. The maximum Gasteiger partial charge on any atom is 0.255 e.